The number of furan rings is 1. The summed E-state index contributed by atoms with van der Waals surface area (Å²) in [5, 5.41) is 5.81. The summed E-state index contributed by atoms with van der Waals surface area (Å²) in [5.41, 5.74) is 0.187. The Morgan fingerprint density at radius 2 is 2.00 bits per heavy atom. The second kappa shape index (κ2) is 11.9. The van der Waals surface area contributed by atoms with Crippen LogP contribution in [0.2, 0.25) is 10.0 Å². The smallest absolute Gasteiger partial charge is 0.329 e. The summed E-state index contributed by atoms with van der Waals surface area (Å²) in [6, 6.07) is 6.93. The van der Waals surface area contributed by atoms with Gasteiger partial charge in [0.1, 0.15) is 11.8 Å². The molecule has 2 rings (SSSR count). The molecule has 0 saturated heterocycles. The van der Waals surface area contributed by atoms with Crippen LogP contribution >= 0.6 is 35.0 Å². The molecule has 2 aromatic rings. The van der Waals surface area contributed by atoms with Gasteiger partial charge in [0.25, 0.3) is 11.8 Å². The van der Waals surface area contributed by atoms with Crippen molar-refractivity contribution in [2.75, 3.05) is 12.0 Å². The van der Waals surface area contributed by atoms with Crippen LogP contribution < -0.4 is 10.6 Å². The molecule has 0 aliphatic heterocycles. The van der Waals surface area contributed by atoms with Gasteiger partial charge in [-0.05, 0) is 55.7 Å². The molecule has 1 heterocycles. The van der Waals surface area contributed by atoms with Crippen molar-refractivity contribution in [1.82, 2.24) is 10.6 Å². The molecule has 1 aromatic carbocycles. The van der Waals surface area contributed by atoms with Gasteiger partial charge in [-0.25, -0.2) is 4.79 Å². The quantitative estimate of drug-likeness (QED) is 0.511. The number of hydrogen-bond donors (Lipinski definition) is 2. The molecule has 0 bridgehead atoms. The van der Waals surface area contributed by atoms with Crippen LogP contribution in [0.5, 0.6) is 0 Å². The highest BCUT2D eigenvalue weighted by molar-refractivity contribution is 7.98. The van der Waals surface area contributed by atoms with E-state index in [1.807, 2.05) is 6.26 Å². The number of esters is 1. The van der Waals surface area contributed by atoms with Gasteiger partial charge >= 0.3 is 5.97 Å². The van der Waals surface area contributed by atoms with Crippen molar-refractivity contribution in [2.45, 2.75) is 32.0 Å². The minimum atomic E-state index is -1.04. The van der Waals surface area contributed by atoms with Gasteiger partial charge in [-0.3, -0.25) is 9.59 Å². The van der Waals surface area contributed by atoms with Crippen LogP contribution in [0, 0.1) is 0 Å². The zero-order valence-corrected chi connectivity index (χ0v) is 18.8. The van der Waals surface area contributed by atoms with E-state index in [9.17, 15) is 14.4 Å². The van der Waals surface area contributed by atoms with E-state index in [4.69, 9.17) is 32.4 Å². The van der Waals surface area contributed by atoms with Gasteiger partial charge in [0.05, 0.1) is 23.4 Å². The van der Waals surface area contributed by atoms with E-state index in [1.54, 1.807) is 12.1 Å². The summed E-state index contributed by atoms with van der Waals surface area (Å²) in [7, 11) is 0. The van der Waals surface area contributed by atoms with Crippen LogP contribution in [-0.2, 0) is 20.9 Å². The molecule has 0 radical (unpaired) electrons. The molecule has 10 heteroatoms. The SMILES string of the molecule is CSCC[C@@H](NC(=O)c1ccc(Cl)cc1Cl)C(=O)O[C@@H](C)C(=O)NCc1ccco1. The van der Waals surface area contributed by atoms with Crippen LogP contribution in [-0.4, -0.2) is 41.9 Å². The molecule has 0 fully saturated rings. The minimum absolute atomic E-state index is 0.169. The molecular weight excluding hydrogens is 451 g/mol. The Labute approximate surface area is 188 Å². The molecule has 2 N–H and O–H groups in total. The van der Waals surface area contributed by atoms with Crippen LogP contribution in [0.25, 0.3) is 0 Å². The number of rotatable bonds is 10. The zero-order chi connectivity index (χ0) is 22.1. The van der Waals surface area contributed by atoms with Crippen molar-refractivity contribution in [3.8, 4) is 0 Å². The molecule has 0 spiro atoms. The highest BCUT2D eigenvalue weighted by atomic mass is 35.5. The van der Waals surface area contributed by atoms with Gasteiger partial charge in [0.2, 0.25) is 0 Å². The normalized spacial score (nSPS) is 12.7. The van der Waals surface area contributed by atoms with Crippen molar-refractivity contribution in [3.63, 3.8) is 0 Å². The number of carbonyl (C=O) groups excluding carboxylic acids is 3. The maximum atomic E-state index is 12.6. The Kier molecular flexibility index (Phi) is 9.55. The second-order valence-corrected chi connectivity index (χ2v) is 8.14. The lowest BCUT2D eigenvalue weighted by Crippen LogP contribution is -2.45. The Hall–Kier alpha value is -2.16. The Bertz CT molecular complexity index is 876. The van der Waals surface area contributed by atoms with E-state index in [-0.39, 0.29) is 17.1 Å². The lowest BCUT2D eigenvalue weighted by Gasteiger charge is -2.20. The topological polar surface area (TPSA) is 97.6 Å². The van der Waals surface area contributed by atoms with Gasteiger partial charge in [-0.2, -0.15) is 11.8 Å². The van der Waals surface area contributed by atoms with Crippen LogP contribution in [0.4, 0.5) is 0 Å². The summed E-state index contributed by atoms with van der Waals surface area (Å²) in [6.07, 6.45) is 2.67. The molecule has 0 aliphatic rings. The summed E-state index contributed by atoms with van der Waals surface area (Å²) in [5.74, 6) is -0.534. The fourth-order valence-corrected chi connectivity index (χ4v) is 3.40. The number of halogens is 2. The third-order valence-electron chi connectivity index (χ3n) is 4.06. The maximum Gasteiger partial charge on any atom is 0.329 e. The second-order valence-electron chi connectivity index (χ2n) is 6.31. The average molecular weight is 473 g/mol. The van der Waals surface area contributed by atoms with Gasteiger partial charge in [-0.1, -0.05) is 23.2 Å². The molecular formula is C20H22Cl2N2O5S. The first-order valence-corrected chi connectivity index (χ1v) is 11.2. The van der Waals surface area contributed by atoms with Gasteiger partial charge in [0, 0.05) is 5.02 Å². The number of ether oxygens (including phenoxy) is 1. The number of nitrogens with one attached hydrogen (secondary N) is 2. The van der Waals surface area contributed by atoms with Gasteiger partial charge in [-0.15, -0.1) is 0 Å². The van der Waals surface area contributed by atoms with E-state index in [1.165, 1.54) is 43.1 Å². The molecule has 1 aromatic heterocycles. The third-order valence-corrected chi connectivity index (χ3v) is 5.25. The third kappa shape index (κ3) is 7.27. The largest absolute Gasteiger partial charge is 0.467 e. The molecule has 0 saturated carbocycles. The summed E-state index contributed by atoms with van der Waals surface area (Å²) in [6.45, 7) is 1.63. The standard InChI is InChI=1S/C20H22Cl2N2O5S/c1-12(18(25)23-11-14-4-3-8-28-14)29-20(27)17(7-9-30-2)24-19(26)15-6-5-13(21)10-16(15)22/h3-6,8,10,12,17H,7,9,11H2,1-2H3,(H,23,25)(H,24,26)/t12-,17+/m0/s1. The van der Waals surface area contributed by atoms with E-state index < -0.39 is 29.9 Å². The van der Waals surface area contributed by atoms with Crippen LogP contribution in [0.15, 0.2) is 41.0 Å². The number of thioether (sulfide) groups is 1. The Morgan fingerprint density at radius 1 is 1.23 bits per heavy atom. The van der Waals surface area contributed by atoms with Crippen molar-refractivity contribution in [2.24, 2.45) is 0 Å². The number of carbonyl (C=O) groups is 3. The monoisotopic (exact) mass is 472 g/mol. The minimum Gasteiger partial charge on any atom is -0.467 e. The summed E-state index contributed by atoms with van der Waals surface area (Å²) in [4.78, 5) is 37.3. The predicted octanol–water partition coefficient (Wildman–Crippen LogP) is 3.69. The van der Waals surface area contributed by atoms with Crippen molar-refractivity contribution < 1.29 is 23.5 Å². The maximum absolute atomic E-state index is 12.6. The van der Waals surface area contributed by atoms with E-state index in [0.717, 1.165) is 0 Å². The Morgan fingerprint density at radius 3 is 2.63 bits per heavy atom. The molecule has 7 nitrogen and oxygen atoms in total. The van der Waals surface area contributed by atoms with Crippen LogP contribution in [0.3, 0.4) is 0 Å². The number of amides is 2. The van der Waals surface area contributed by atoms with E-state index >= 15 is 0 Å². The fourth-order valence-electron chi connectivity index (χ4n) is 2.44. The highest BCUT2D eigenvalue weighted by Gasteiger charge is 2.27. The molecule has 2 amide bonds. The fraction of sp³-hybridized carbons (Fsp3) is 0.350. The summed E-state index contributed by atoms with van der Waals surface area (Å²) < 4.78 is 10.4. The van der Waals surface area contributed by atoms with Crippen LogP contribution in [0.1, 0.15) is 29.5 Å². The van der Waals surface area contributed by atoms with Gasteiger partial charge < -0.3 is 19.8 Å². The first-order valence-electron chi connectivity index (χ1n) is 9.07. The van der Waals surface area contributed by atoms with Crippen molar-refractivity contribution in [3.05, 3.63) is 58.0 Å². The predicted molar refractivity (Wildman–Crippen MR) is 117 cm³/mol. The average Bonchev–Trinajstić information content (AvgIpc) is 3.22. The molecule has 2 atom stereocenters. The van der Waals surface area contributed by atoms with E-state index in [0.29, 0.717) is 23.0 Å². The summed E-state index contributed by atoms with van der Waals surface area (Å²) >= 11 is 13.4. The molecule has 30 heavy (non-hydrogen) atoms. The Balaban J connectivity index is 1.97. The highest BCUT2D eigenvalue weighted by Crippen LogP contribution is 2.21. The first kappa shape index (κ1) is 24.1. The van der Waals surface area contributed by atoms with Gasteiger partial charge in [0.15, 0.2) is 6.10 Å². The number of benzene rings is 1. The molecule has 0 unspecified atom stereocenters. The molecule has 162 valence electrons. The van der Waals surface area contributed by atoms with Crippen molar-refractivity contribution >= 4 is 52.7 Å². The first-order chi connectivity index (χ1) is 14.3. The van der Waals surface area contributed by atoms with E-state index in [2.05, 4.69) is 10.6 Å². The zero-order valence-electron chi connectivity index (χ0n) is 16.4. The van der Waals surface area contributed by atoms with Crippen molar-refractivity contribution in [1.29, 1.82) is 0 Å². The number of hydrogen-bond acceptors (Lipinski definition) is 6. The molecule has 0 aliphatic carbocycles. The lowest BCUT2D eigenvalue weighted by molar-refractivity contribution is -0.156. The lowest BCUT2D eigenvalue weighted by atomic mass is 10.1.